The monoisotopic (exact) mass is 202 g/mol. The molecular weight excluding hydrogens is 184 g/mol. The third-order valence-corrected chi connectivity index (χ3v) is 2.24. The molecule has 0 aromatic heterocycles. The Hall–Kier alpha value is -0.900. The summed E-state index contributed by atoms with van der Waals surface area (Å²) in [5, 5.41) is 8.96. The lowest BCUT2D eigenvalue weighted by atomic mass is 9.89. The van der Waals surface area contributed by atoms with Crippen molar-refractivity contribution in [2.75, 3.05) is 7.11 Å². The number of hydrogen-bond donors (Lipinski definition) is 1. The third-order valence-electron chi connectivity index (χ3n) is 2.24. The lowest BCUT2D eigenvalue weighted by Gasteiger charge is -2.25. The SMILES string of the molecule is CCC(OC)(C(=O)O)C(=O)CC(C)C. The first kappa shape index (κ1) is 13.1. The van der Waals surface area contributed by atoms with E-state index in [-0.39, 0.29) is 24.5 Å². The number of aliphatic carboxylic acids is 1. The maximum Gasteiger partial charge on any atom is 0.343 e. The van der Waals surface area contributed by atoms with Gasteiger partial charge in [-0.15, -0.1) is 0 Å². The number of carbonyl (C=O) groups excluding carboxylic acids is 1. The zero-order chi connectivity index (χ0) is 11.4. The molecule has 0 radical (unpaired) electrons. The molecule has 0 aliphatic rings. The van der Waals surface area contributed by atoms with E-state index in [9.17, 15) is 9.59 Å². The van der Waals surface area contributed by atoms with E-state index in [2.05, 4.69) is 0 Å². The number of carboxylic acids is 1. The summed E-state index contributed by atoms with van der Waals surface area (Å²) in [6, 6.07) is 0. The standard InChI is InChI=1S/C10H18O4/c1-5-10(14-4,9(12)13)8(11)6-7(2)3/h7H,5-6H2,1-4H3,(H,12,13). The van der Waals surface area contributed by atoms with Gasteiger partial charge >= 0.3 is 5.97 Å². The first-order valence-corrected chi connectivity index (χ1v) is 4.72. The van der Waals surface area contributed by atoms with Crippen LogP contribution in [0.15, 0.2) is 0 Å². The van der Waals surface area contributed by atoms with Crippen molar-refractivity contribution in [2.45, 2.75) is 39.2 Å². The van der Waals surface area contributed by atoms with Crippen LogP contribution in [0.3, 0.4) is 0 Å². The van der Waals surface area contributed by atoms with Crippen LogP contribution >= 0.6 is 0 Å². The topological polar surface area (TPSA) is 63.6 Å². The number of methoxy groups -OCH3 is 1. The first-order chi connectivity index (χ1) is 6.40. The summed E-state index contributed by atoms with van der Waals surface area (Å²) in [6.07, 6.45) is 0.387. The molecule has 0 saturated heterocycles. The van der Waals surface area contributed by atoms with E-state index in [0.29, 0.717) is 0 Å². The number of ketones is 1. The van der Waals surface area contributed by atoms with Crippen molar-refractivity contribution in [2.24, 2.45) is 5.92 Å². The minimum Gasteiger partial charge on any atom is -0.479 e. The maximum absolute atomic E-state index is 11.7. The van der Waals surface area contributed by atoms with Gasteiger partial charge in [0.05, 0.1) is 0 Å². The molecular formula is C10H18O4. The average Bonchev–Trinajstić information content (AvgIpc) is 2.05. The van der Waals surface area contributed by atoms with Gasteiger partial charge in [-0.05, 0) is 12.3 Å². The summed E-state index contributed by atoms with van der Waals surface area (Å²) in [4.78, 5) is 22.6. The van der Waals surface area contributed by atoms with E-state index in [1.165, 1.54) is 7.11 Å². The predicted molar refractivity (Wildman–Crippen MR) is 52.1 cm³/mol. The van der Waals surface area contributed by atoms with Crippen LogP contribution in [0.5, 0.6) is 0 Å². The summed E-state index contributed by atoms with van der Waals surface area (Å²) in [6.45, 7) is 5.38. The van der Waals surface area contributed by atoms with Crippen LogP contribution in [0.25, 0.3) is 0 Å². The first-order valence-electron chi connectivity index (χ1n) is 4.72. The van der Waals surface area contributed by atoms with E-state index >= 15 is 0 Å². The molecule has 14 heavy (non-hydrogen) atoms. The summed E-state index contributed by atoms with van der Waals surface area (Å²) in [5.74, 6) is -1.42. The molecule has 0 aromatic carbocycles. The number of carboxylic acid groups (broad SMARTS) is 1. The molecule has 4 heteroatoms. The molecule has 82 valence electrons. The number of carbonyl (C=O) groups is 2. The Bertz CT molecular complexity index is 216. The lowest BCUT2D eigenvalue weighted by Crippen LogP contribution is -2.48. The fraction of sp³-hybridized carbons (Fsp3) is 0.800. The molecule has 4 nitrogen and oxygen atoms in total. The van der Waals surface area contributed by atoms with Gasteiger partial charge in [0.1, 0.15) is 0 Å². The zero-order valence-corrected chi connectivity index (χ0v) is 9.16. The molecule has 0 aliphatic heterocycles. The second kappa shape index (κ2) is 5.10. The van der Waals surface area contributed by atoms with Gasteiger partial charge in [0.2, 0.25) is 5.60 Å². The molecule has 1 atom stereocenters. The van der Waals surface area contributed by atoms with Gasteiger partial charge in [-0.3, -0.25) is 4.79 Å². The molecule has 0 bridgehead atoms. The Balaban J connectivity index is 4.81. The van der Waals surface area contributed by atoms with Crippen molar-refractivity contribution in [3.05, 3.63) is 0 Å². The van der Waals surface area contributed by atoms with Crippen molar-refractivity contribution < 1.29 is 19.4 Å². The van der Waals surface area contributed by atoms with Gasteiger partial charge in [-0.25, -0.2) is 4.79 Å². The summed E-state index contributed by atoms with van der Waals surface area (Å²) < 4.78 is 4.86. The van der Waals surface area contributed by atoms with E-state index in [1.54, 1.807) is 6.92 Å². The molecule has 0 spiro atoms. The fourth-order valence-corrected chi connectivity index (χ4v) is 1.35. The maximum atomic E-state index is 11.7. The van der Waals surface area contributed by atoms with Gasteiger partial charge in [0.25, 0.3) is 0 Å². The summed E-state index contributed by atoms with van der Waals surface area (Å²) >= 11 is 0. The normalized spacial score (nSPS) is 15.2. The number of hydrogen-bond acceptors (Lipinski definition) is 3. The molecule has 0 saturated carbocycles. The largest absolute Gasteiger partial charge is 0.479 e. The fourth-order valence-electron chi connectivity index (χ4n) is 1.35. The van der Waals surface area contributed by atoms with Crippen molar-refractivity contribution in [1.29, 1.82) is 0 Å². The van der Waals surface area contributed by atoms with Gasteiger partial charge in [0, 0.05) is 13.5 Å². The van der Waals surface area contributed by atoms with Gasteiger partial charge in [-0.2, -0.15) is 0 Å². The Morgan fingerprint density at radius 2 is 1.93 bits per heavy atom. The van der Waals surface area contributed by atoms with Crippen molar-refractivity contribution >= 4 is 11.8 Å². The van der Waals surface area contributed by atoms with Crippen molar-refractivity contribution in [3.63, 3.8) is 0 Å². The molecule has 1 N–H and O–H groups in total. The Labute approximate surface area is 84.3 Å². The number of Topliss-reactive ketones (excluding diaryl/α,β-unsaturated/α-hetero) is 1. The summed E-state index contributed by atoms with van der Waals surface area (Å²) in [7, 11) is 1.26. The number of rotatable bonds is 6. The highest BCUT2D eigenvalue weighted by Gasteiger charge is 2.44. The highest BCUT2D eigenvalue weighted by atomic mass is 16.5. The van der Waals surface area contributed by atoms with Gasteiger partial charge < -0.3 is 9.84 Å². The smallest absolute Gasteiger partial charge is 0.343 e. The predicted octanol–water partition coefficient (Wildman–Crippen LogP) is 1.48. The van der Waals surface area contributed by atoms with E-state index in [1.807, 2.05) is 13.8 Å². The molecule has 0 heterocycles. The molecule has 0 fully saturated rings. The highest BCUT2D eigenvalue weighted by Crippen LogP contribution is 2.21. The second-order valence-electron chi connectivity index (χ2n) is 3.71. The van der Waals surface area contributed by atoms with Crippen LogP contribution in [0, 0.1) is 5.92 Å². The average molecular weight is 202 g/mol. The highest BCUT2D eigenvalue weighted by molar-refractivity contribution is 6.06. The molecule has 0 amide bonds. The van der Waals surface area contributed by atoms with Crippen molar-refractivity contribution in [1.82, 2.24) is 0 Å². The molecule has 1 unspecified atom stereocenters. The Morgan fingerprint density at radius 1 is 1.43 bits per heavy atom. The minimum atomic E-state index is -1.65. The van der Waals surface area contributed by atoms with Crippen LogP contribution in [0.4, 0.5) is 0 Å². The van der Waals surface area contributed by atoms with Crippen LogP contribution < -0.4 is 0 Å². The van der Waals surface area contributed by atoms with Gasteiger partial charge in [-0.1, -0.05) is 20.8 Å². The van der Waals surface area contributed by atoms with Crippen LogP contribution in [-0.4, -0.2) is 29.6 Å². The minimum absolute atomic E-state index is 0.142. The van der Waals surface area contributed by atoms with Crippen LogP contribution in [-0.2, 0) is 14.3 Å². The van der Waals surface area contributed by atoms with E-state index in [0.717, 1.165) is 0 Å². The quantitative estimate of drug-likeness (QED) is 0.663. The second-order valence-corrected chi connectivity index (χ2v) is 3.71. The Morgan fingerprint density at radius 3 is 2.14 bits per heavy atom. The third kappa shape index (κ3) is 2.54. The van der Waals surface area contributed by atoms with Crippen molar-refractivity contribution in [3.8, 4) is 0 Å². The van der Waals surface area contributed by atoms with E-state index in [4.69, 9.17) is 9.84 Å². The van der Waals surface area contributed by atoms with Crippen LogP contribution in [0.2, 0.25) is 0 Å². The van der Waals surface area contributed by atoms with Crippen LogP contribution in [0.1, 0.15) is 33.6 Å². The molecule has 0 aromatic rings. The Kier molecular flexibility index (Phi) is 4.77. The lowest BCUT2D eigenvalue weighted by molar-refractivity contribution is -0.169. The number of ether oxygens (including phenoxy) is 1. The zero-order valence-electron chi connectivity index (χ0n) is 9.16. The van der Waals surface area contributed by atoms with E-state index < -0.39 is 11.6 Å². The molecule has 0 rings (SSSR count). The summed E-state index contributed by atoms with van der Waals surface area (Å²) in [5.41, 5.74) is -1.65. The molecule has 0 aliphatic carbocycles. The van der Waals surface area contributed by atoms with Gasteiger partial charge in [0.15, 0.2) is 5.78 Å².